The van der Waals surface area contributed by atoms with Gasteiger partial charge in [0, 0.05) is 24.5 Å². The molecule has 2 N–H and O–H groups in total. The number of halogens is 1. The first kappa shape index (κ1) is 20.8. The van der Waals surface area contributed by atoms with E-state index in [1.165, 1.54) is 12.1 Å². The Morgan fingerprint density at radius 2 is 1.79 bits per heavy atom. The van der Waals surface area contributed by atoms with Crippen LogP contribution in [0.5, 0.6) is 0 Å². The number of carbonyl (C=O) groups excluding carboxylic acids is 3. The maximum Gasteiger partial charge on any atom is 0.294 e. The van der Waals surface area contributed by atoms with E-state index in [9.17, 15) is 18.8 Å². The van der Waals surface area contributed by atoms with Crippen LogP contribution in [0.1, 0.15) is 57.4 Å². The van der Waals surface area contributed by atoms with Gasteiger partial charge in [-0.05, 0) is 68.9 Å². The molecule has 154 valence electrons. The molecule has 0 spiro atoms. The summed E-state index contributed by atoms with van der Waals surface area (Å²) in [6, 6.07) is 4.34. The number of hydrogen-bond donors (Lipinski definition) is 2. The summed E-state index contributed by atoms with van der Waals surface area (Å²) in [4.78, 5) is 38.0. The molecule has 2 amide bonds. The minimum Gasteiger partial charge on any atom is -0.346 e. The van der Waals surface area contributed by atoms with Gasteiger partial charge in [0.25, 0.3) is 17.6 Å². The van der Waals surface area contributed by atoms with Crippen LogP contribution in [0.4, 0.5) is 10.1 Å². The van der Waals surface area contributed by atoms with Crippen LogP contribution in [0.2, 0.25) is 0 Å². The minimum atomic E-state index is -0.649. The van der Waals surface area contributed by atoms with Crippen LogP contribution in [-0.4, -0.2) is 28.2 Å². The lowest BCUT2D eigenvalue weighted by atomic mass is 9.82. The first-order valence-electron chi connectivity index (χ1n) is 9.68. The van der Waals surface area contributed by atoms with E-state index in [0.29, 0.717) is 34.0 Å². The molecule has 0 bridgehead atoms. The zero-order valence-corrected chi connectivity index (χ0v) is 17.4. The Kier molecular flexibility index (Phi) is 5.59. The third kappa shape index (κ3) is 3.95. The Morgan fingerprint density at radius 1 is 1.14 bits per heavy atom. The number of benzene rings is 1. The van der Waals surface area contributed by atoms with E-state index in [0.717, 1.165) is 12.8 Å². The van der Waals surface area contributed by atoms with Gasteiger partial charge >= 0.3 is 0 Å². The van der Waals surface area contributed by atoms with Crippen molar-refractivity contribution in [2.24, 2.45) is 13.0 Å². The number of carbonyl (C=O) groups is 3. The molecule has 1 aliphatic rings. The topological polar surface area (TPSA) is 80.2 Å². The molecule has 1 aliphatic carbocycles. The predicted molar refractivity (Wildman–Crippen MR) is 109 cm³/mol. The summed E-state index contributed by atoms with van der Waals surface area (Å²) in [5, 5.41) is 5.51. The maximum atomic E-state index is 13.5. The van der Waals surface area contributed by atoms with Crippen molar-refractivity contribution in [2.45, 2.75) is 46.6 Å². The average Bonchev–Trinajstić information content (AvgIpc) is 2.85. The fourth-order valence-electron chi connectivity index (χ4n) is 3.93. The van der Waals surface area contributed by atoms with E-state index in [4.69, 9.17) is 0 Å². The Bertz CT molecular complexity index is 1000. The quantitative estimate of drug-likeness (QED) is 0.597. The molecule has 1 fully saturated rings. The van der Waals surface area contributed by atoms with Crippen LogP contribution < -0.4 is 10.6 Å². The second-order valence-corrected chi connectivity index (χ2v) is 7.99. The Balaban J connectivity index is 1.83. The molecule has 29 heavy (non-hydrogen) atoms. The van der Waals surface area contributed by atoms with E-state index in [1.807, 2.05) is 0 Å². The summed E-state index contributed by atoms with van der Waals surface area (Å²) < 4.78 is 15.0. The predicted octanol–water partition coefficient (Wildman–Crippen LogP) is 3.44. The number of nitrogens with zero attached hydrogens (tertiary/aromatic N) is 1. The number of amides is 2. The highest BCUT2D eigenvalue weighted by Crippen LogP contribution is 2.27. The van der Waals surface area contributed by atoms with Gasteiger partial charge in [0.2, 0.25) is 0 Å². The fourth-order valence-corrected chi connectivity index (χ4v) is 3.93. The highest BCUT2D eigenvalue weighted by atomic mass is 19.1. The zero-order chi connectivity index (χ0) is 21.5. The van der Waals surface area contributed by atoms with Crippen molar-refractivity contribution < 1.29 is 18.8 Å². The number of aromatic nitrogens is 1. The summed E-state index contributed by atoms with van der Waals surface area (Å²) in [5.41, 5.74) is 2.44. The maximum absolute atomic E-state index is 13.5. The third-order valence-electron chi connectivity index (χ3n) is 5.70. The lowest BCUT2D eigenvalue weighted by Crippen LogP contribution is -2.46. The van der Waals surface area contributed by atoms with Crippen molar-refractivity contribution in [3.8, 4) is 0 Å². The largest absolute Gasteiger partial charge is 0.346 e. The average molecular weight is 399 g/mol. The third-order valence-corrected chi connectivity index (χ3v) is 5.70. The Labute approximate surface area is 169 Å². The summed E-state index contributed by atoms with van der Waals surface area (Å²) in [6.07, 6.45) is 1.74. The van der Waals surface area contributed by atoms with Gasteiger partial charge in [0.1, 0.15) is 5.82 Å². The lowest BCUT2D eigenvalue weighted by molar-refractivity contribution is -0.118. The number of ketones is 1. The Hall–Kier alpha value is -2.96. The van der Waals surface area contributed by atoms with Gasteiger partial charge in [0.15, 0.2) is 0 Å². The summed E-state index contributed by atoms with van der Waals surface area (Å²) in [5.74, 6) is -1.50. The summed E-state index contributed by atoms with van der Waals surface area (Å²) >= 11 is 0. The van der Waals surface area contributed by atoms with E-state index >= 15 is 0 Å². The van der Waals surface area contributed by atoms with E-state index in [2.05, 4.69) is 17.6 Å². The number of aryl methyl sites for hydroxylation is 1. The molecule has 0 saturated heterocycles. The summed E-state index contributed by atoms with van der Waals surface area (Å²) in [6.45, 7) is 7.09. The highest BCUT2D eigenvalue weighted by molar-refractivity contribution is 6.43. The molecule has 6 nitrogen and oxygen atoms in total. The number of hydrogen-bond acceptors (Lipinski definition) is 3. The van der Waals surface area contributed by atoms with Crippen molar-refractivity contribution in [1.82, 2.24) is 9.88 Å². The first-order valence-corrected chi connectivity index (χ1v) is 9.68. The fraction of sp³-hybridized carbons (Fsp3) is 0.409. The van der Waals surface area contributed by atoms with Crippen LogP contribution in [0.15, 0.2) is 18.2 Å². The molecular formula is C22H26FN3O3. The molecule has 1 heterocycles. The molecule has 1 aromatic heterocycles. The smallest absolute Gasteiger partial charge is 0.294 e. The monoisotopic (exact) mass is 399 g/mol. The van der Waals surface area contributed by atoms with Gasteiger partial charge in [-0.25, -0.2) is 4.39 Å². The molecule has 0 atom stereocenters. The van der Waals surface area contributed by atoms with Crippen molar-refractivity contribution >= 4 is 23.3 Å². The van der Waals surface area contributed by atoms with Gasteiger partial charge in [-0.15, -0.1) is 0 Å². The number of rotatable bonds is 5. The second-order valence-electron chi connectivity index (χ2n) is 7.99. The van der Waals surface area contributed by atoms with Crippen LogP contribution in [0.25, 0.3) is 0 Å². The molecule has 3 rings (SSSR count). The number of Topliss-reactive ketones (excluding diaryl/α,β-unsaturated/α-hetero) is 1. The molecule has 0 unspecified atom stereocenters. The van der Waals surface area contributed by atoms with Crippen LogP contribution in [-0.2, 0) is 11.8 Å². The summed E-state index contributed by atoms with van der Waals surface area (Å²) in [7, 11) is 1.66. The normalized spacial score (nSPS) is 18.1. The SMILES string of the molecule is Cc1cc(NC(=O)c2c(C)c(C(=O)C(=O)NC3CC(C)C3)n(C)c2C)ccc1F. The van der Waals surface area contributed by atoms with Gasteiger partial charge in [0.05, 0.1) is 11.3 Å². The molecule has 1 saturated carbocycles. The number of nitrogens with one attached hydrogen (secondary N) is 2. The highest BCUT2D eigenvalue weighted by Gasteiger charge is 2.32. The zero-order valence-electron chi connectivity index (χ0n) is 17.4. The van der Waals surface area contributed by atoms with Gasteiger partial charge in [-0.1, -0.05) is 6.92 Å². The molecular weight excluding hydrogens is 373 g/mol. The second kappa shape index (κ2) is 7.81. The van der Waals surface area contributed by atoms with E-state index in [-0.39, 0.29) is 17.6 Å². The van der Waals surface area contributed by atoms with Crippen molar-refractivity contribution in [3.05, 3.63) is 52.1 Å². The lowest BCUT2D eigenvalue weighted by Gasteiger charge is -2.32. The molecule has 0 aliphatic heterocycles. The van der Waals surface area contributed by atoms with E-state index in [1.54, 1.807) is 38.5 Å². The number of anilines is 1. The van der Waals surface area contributed by atoms with E-state index < -0.39 is 17.6 Å². The minimum absolute atomic E-state index is 0.0348. The Morgan fingerprint density at radius 3 is 2.38 bits per heavy atom. The van der Waals surface area contributed by atoms with Crippen LogP contribution in [0, 0.1) is 32.5 Å². The van der Waals surface area contributed by atoms with Crippen molar-refractivity contribution in [2.75, 3.05) is 5.32 Å². The molecule has 2 aromatic rings. The first-order chi connectivity index (χ1) is 13.6. The van der Waals surface area contributed by atoms with Crippen molar-refractivity contribution in [3.63, 3.8) is 0 Å². The van der Waals surface area contributed by atoms with Gasteiger partial charge in [-0.3, -0.25) is 14.4 Å². The molecule has 1 aromatic carbocycles. The van der Waals surface area contributed by atoms with Gasteiger partial charge < -0.3 is 15.2 Å². The molecule has 7 heteroatoms. The van der Waals surface area contributed by atoms with Crippen LogP contribution in [0.3, 0.4) is 0 Å². The van der Waals surface area contributed by atoms with Crippen LogP contribution >= 0.6 is 0 Å². The standard InChI is InChI=1S/C22H26FN3O3/c1-11-8-16(9-11)25-22(29)20(27)19-13(3)18(14(4)26(19)5)21(28)24-15-6-7-17(23)12(2)10-15/h6-7,10-11,16H,8-9H2,1-5H3,(H,24,28)(H,25,29). The van der Waals surface area contributed by atoms with Crippen molar-refractivity contribution in [1.29, 1.82) is 0 Å². The van der Waals surface area contributed by atoms with Gasteiger partial charge in [-0.2, -0.15) is 0 Å². The molecule has 0 radical (unpaired) electrons.